The molecule has 4 nitrogen and oxygen atoms in total. The fourth-order valence-corrected chi connectivity index (χ4v) is 7.61. The molecule has 0 bridgehead atoms. The molecule has 2 aromatic rings. The quantitative estimate of drug-likeness (QED) is 0.699. The number of hydrogen-bond acceptors (Lipinski definition) is 5. The van der Waals surface area contributed by atoms with Crippen LogP contribution in [0, 0.1) is 13.8 Å². The van der Waals surface area contributed by atoms with E-state index in [2.05, 4.69) is 0 Å². The number of phenolic OH excluding ortho intramolecular Hbond substituents is 2. The minimum absolute atomic E-state index is 0.0242. The normalized spacial score (nSPS) is 11.6. The molecule has 0 atom stereocenters. The molecular formula is C14H15O4PS2. The Hall–Kier alpha value is -1.07. The predicted molar refractivity (Wildman–Crippen MR) is 87.2 cm³/mol. The van der Waals surface area contributed by atoms with Gasteiger partial charge in [0, 0.05) is 0 Å². The molecule has 0 aliphatic heterocycles. The summed E-state index contributed by atoms with van der Waals surface area (Å²) < 4.78 is 12.4. The first-order valence-electron chi connectivity index (χ1n) is 6.09. The van der Waals surface area contributed by atoms with Crippen LogP contribution in [0.25, 0.3) is 0 Å². The number of benzene rings is 2. The summed E-state index contributed by atoms with van der Waals surface area (Å²) in [5.41, 5.74) is 1.45. The fourth-order valence-electron chi connectivity index (χ4n) is 1.76. The molecule has 0 fully saturated rings. The van der Waals surface area contributed by atoms with E-state index in [-0.39, 0.29) is 11.5 Å². The van der Waals surface area contributed by atoms with Crippen LogP contribution in [0.2, 0.25) is 0 Å². The van der Waals surface area contributed by atoms with E-state index in [0.29, 0.717) is 9.79 Å². The molecule has 2 aromatic carbocycles. The zero-order chi connectivity index (χ0) is 15.6. The monoisotopic (exact) mass is 342 g/mol. The van der Waals surface area contributed by atoms with Gasteiger partial charge in [0.2, 0.25) is 0 Å². The van der Waals surface area contributed by atoms with Crippen molar-refractivity contribution in [3.8, 4) is 11.5 Å². The van der Waals surface area contributed by atoms with E-state index >= 15 is 0 Å². The minimum Gasteiger partial charge on any atom is -0.507 e. The van der Waals surface area contributed by atoms with Gasteiger partial charge >= 0.3 is 5.77 Å². The highest BCUT2D eigenvalue weighted by molar-refractivity contribution is 8.89. The van der Waals surface area contributed by atoms with Crippen molar-refractivity contribution >= 4 is 28.5 Å². The Morgan fingerprint density at radius 3 is 1.57 bits per heavy atom. The Balaban J connectivity index is 2.29. The van der Waals surface area contributed by atoms with Gasteiger partial charge in [-0.3, -0.25) is 4.57 Å². The lowest BCUT2D eigenvalue weighted by atomic mass is 10.2. The van der Waals surface area contributed by atoms with Crippen molar-refractivity contribution in [2.24, 2.45) is 0 Å². The molecular weight excluding hydrogens is 327 g/mol. The molecule has 0 amide bonds. The van der Waals surface area contributed by atoms with Gasteiger partial charge in [0.1, 0.15) is 11.5 Å². The molecule has 7 heteroatoms. The van der Waals surface area contributed by atoms with Gasteiger partial charge in [-0.25, -0.2) is 0 Å². The molecule has 21 heavy (non-hydrogen) atoms. The van der Waals surface area contributed by atoms with E-state index in [1.807, 2.05) is 0 Å². The molecule has 0 radical (unpaired) electrons. The van der Waals surface area contributed by atoms with E-state index in [1.54, 1.807) is 38.1 Å². The largest absolute Gasteiger partial charge is 0.507 e. The van der Waals surface area contributed by atoms with Gasteiger partial charge in [-0.05, 0) is 59.9 Å². The second-order valence-corrected chi connectivity index (χ2v) is 11.4. The molecule has 3 N–H and O–H groups in total. The molecule has 0 saturated heterocycles. The summed E-state index contributed by atoms with van der Waals surface area (Å²) in [5.74, 6) is -3.78. The molecule has 0 aliphatic carbocycles. The van der Waals surface area contributed by atoms with Crippen LogP contribution in [0.3, 0.4) is 0 Å². The lowest BCUT2D eigenvalue weighted by Gasteiger charge is -2.14. The first kappa shape index (κ1) is 16.3. The zero-order valence-corrected chi connectivity index (χ0v) is 14.0. The van der Waals surface area contributed by atoms with Crippen molar-refractivity contribution < 1.29 is 19.7 Å². The first-order chi connectivity index (χ1) is 9.80. The van der Waals surface area contributed by atoms with Gasteiger partial charge < -0.3 is 15.1 Å². The molecule has 0 unspecified atom stereocenters. The number of rotatable bonds is 4. The maximum absolute atomic E-state index is 12.4. The number of aromatic hydroxyl groups is 2. The number of phenols is 2. The van der Waals surface area contributed by atoms with Crippen molar-refractivity contribution in [1.29, 1.82) is 0 Å². The number of aryl methyl sites for hydroxylation is 2. The summed E-state index contributed by atoms with van der Waals surface area (Å²) in [5, 5.41) is 19.6. The Morgan fingerprint density at radius 2 is 1.24 bits per heavy atom. The highest BCUT2D eigenvalue weighted by atomic mass is 33.1. The molecule has 2 rings (SSSR count). The number of hydrogen-bond donors (Lipinski definition) is 3. The SMILES string of the molecule is Cc1cccc(O)c1SP(=O)(O)Sc1c(C)cccc1O. The van der Waals surface area contributed by atoms with E-state index in [4.69, 9.17) is 0 Å². The van der Waals surface area contributed by atoms with E-state index in [9.17, 15) is 19.7 Å². The molecule has 0 spiro atoms. The van der Waals surface area contributed by atoms with Crippen molar-refractivity contribution in [2.45, 2.75) is 23.6 Å². The highest BCUT2D eigenvalue weighted by Crippen LogP contribution is 2.72. The fraction of sp³-hybridized carbons (Fsp3) is 0.143. The van der Waals surface area contributed by atoms with Crippen LogP contribution in [0.5, 0.6) is 11.5 Å². The average Bonchev–Trinajstić information content (AvgIpc) is 2.39. The Morgan fingerprint density at radius 1 is 0.857 bits per heavy atom. The zero-order valence-electron chi connectivity index (χ0n) is 11.5. The lowest BCUT2D eigenvalue weighted by Crippen LogP contribution is -1.83. The Kier molecular flexibility index (Phi) is 4.94. The maximum atomic E-state index is 12.4. The predicted octanol–water partition coefficient (Wildman–Crippen LogP) is 4.70. The van der Waals surface area contributed by atoms with Crippen molar-refractivity contribution in [1.82, 2.24) is 0 Å². The summed E-state index contributed by atoms with van der Waals surface area (Å²) in [4.78, 5) is 10.9. The molecule has 0 aliphatic rings. The summed E-state index contributed by atoms with van der Waals surface area (Å²) in [7, 11) is 0. The van der Waals surface area contributed by atoms with Crippen LogP contribution in [-0.2, 0) is 4.57 Å². The van der Waals surface area contributed by atoms with E-state index in [1.165, 1.54) is 12.1 Å². The Labute approximate surface area is 131 Å². The van der Waals surface area contributed by atoms with Crippen LogP contribution in [-0.4, -0.2) is 15.1 Å². The van der Waals surface area contributed by atoms with E-state index < -0.39 is 5.77 Å². The molecule has 0 heterocycles. The highest BCUT2D eigenvalue weighted by Gasteiger charge is 2.27. The lowest BCUT2D eigenvalue weighted by molar-refractivity contribution is 0.461. The van der Waals surface area contributed by atoms with Gasteiger partial charge in [-0.15, -0.1) is 0 Å². The third-order valence-corrected chi connectivity index (χ3v) is 8.51. The molecule has 0 aromatic heterocycles. The van der Waals surface area contributed by atoms with Crippen molar-refractivity contribution in [3.05, 3.63) is 47.5 Å². The summed E-state index contributed by atoms with van der Waals surface area (Å²) in [6, 6.07) is 9.83. The average molecular weight is 342 g/mol. The minimum atomic E-state index is -3.73. The molecule has 112 valence electrons. The van der Waals surface area contributed by atoms with E-state index in [0.717, 1.165) is 33.9 Å². The second kappa shape index (κ2) is 6.36. The van der Waals surface area contributed by atoms with Crippen molar-refractivity contribution in [3.63, 3.8) is 0 Å². The third kappa shape index (κ3) is 3.98. The van der Waals surface area contributed by atoms with Crippen LogP contribution in [0.4, 0.5) is 0 Å². The standard InChI is InChI=1S/C14H15O4PS2/c1-9-5-3-7-11(15)13(9)20-19(17,18)21-14-10(2)6-4-8-12(14)16/h3-8,15-16H,1-2H3,(H,17,18). The van der Waals surface area contributed by atoms with Gasteiger partial charge in [-0.1, -0.05) is 24.3 Å². The molecule has 0 saturated carbocycles. The summed E-state index contributed by atoms with van der Waals surface area (Å²) in [6.07, 6.45) is 0. The smallest absolute Gasteiger partial charge is 0.320 e. The van der Waals surface area contributed by atoms with Gasteiger partial charge in [0.25, 0.3) is 0 Å². The maximum Gasteiger partial charge on any atom is 0.320 e. The van der Waals surface area contributed by atoms with Crippen LogP contribution >= 0.6 is 28.5 Å². The summed E-state index contributed by atoms with van der Waals surface area (Å²) in [6.45, 7) is 3.52. The topological polar surface area (TPSA) is 77.8 Å². The Bertz CT molecular complexity index is 620. The van der Waals surface area contributed by atoms with Gasteiger partial charge in [0.15, 0.2) is 0 Å². The van der Waals surface area contributed by atoms with Gasteiger partial charge in [0.05, 0.1) is 9.79 Å². The second-order valence-electron chi connectivity index (χ2n) is 4.50. The summed E-state index contributed by atoms with van der Waals surface area (Å²) >= 11 is 1.45. The van der Waals surface area contributed by atoms with Gasteiger partial charge in [-0.2, -0.15) is 0 Å². The first-order valence-corrected chi connectivity index (χ1v) is 10.6. The van der Waals surface area contributed by atoms with Crippen LogP contribution < -0.4 is 0 Å². The third-order valence-electron chi connectivity index (χ3n) is 2.80. The van der Waals surface area contributed by atoms with Crippen LogP contribution in [0.15, 0.2) is 46.2 Å². The van der Waals surface area contributed by atoms with Crippen LogP contribution in [0.1, 0.15) is 11.1 Å². The van der Waals surface area contributed by atoms with Crippen molar-refractivity contribution in [2.75, 3.05) is 0 Å².